The summed E-state index contributed by atoms with van der Waals surface area (Å²) in [7, 11) is 0. The van der Waals surface area contributed by atoms with Crippen LogP contribution in [0.4, 0.5) is 0 Å². The lowest BCUT2D eigenvalue weighted by Gasteiger charge is -2.31. The first-order valence-electron chi connectivity index (χ1n) is 11.7. The second kappa shape index (κ2) is 11.2. The van der Waals surface area contributed by atoms with Crippen LogP contribution in [0.25, 0.3) is 0 Å². The van der Waals surface area contributed by atoms with E-state index in [2.05, 4.69) is 5.32 Å². The van der Waals surface area contributed by atoms with Gasteiger partial charge in [0.15, 0.2) is 6.61 Å². The molecule has 172 valence electrons. The van der Waals surface area contributed by atoms with Crippen molar-refractivity contribution in [3.05, 3.63) is 64.7 Å². The molecule has 1 fully saturated rings. The molecule has 1 atom stereocenters. The number of aryl methyl sites for hydroxylation is 3. The Balaban J connectivity index is 1.74. The van der Waals surface area contributed by atoms with Crippen molar-refractivity contribution in [3.8, 4) is 5.75 Å². The molecular weight excluding hydrogens is 400 g/mol. The Bertz CT molecular complexity index is 934. The number of carbonyl (C=O) groups excluding carboxylic acids is 2. The molecule has 1 unspecified atom stereocenters. The average molecular weight is 437 g/mol. The van der Waals surface area contributed by atoms with Crippen molar-refractivity contribution in [2.24, 2.45) is 0 Å². The van der Waals surface area contributed by atoms with E-state index in [1.54, 1.807) is 4.90 Å². The zero-order valence-corrected chi connectivity index (χ0v) is 19.8. The predicted molar refractivity (Wildman–Crippen MR) is 128 cm³/mol. The number of rotatable bonds is 8. The average Bonchev–Trinajstić information content (AvgIpc) is 2.79. The second-order valence-corrected chi connectivity index (χ2v) is 9.03. The summed E-state index contributed by atoms with van der Waals surface area (Å²) in [5, 5.41) is 3.17. The largest absolute Gasteiger partial charge is 0.483 e. The van der Waals surface area contributed by atoms with Crippen LogP contribution in [0.2, 0.25) is 0 Å². The third-order valence-electron chi connectivity index (χ3n) is 6.42. The topological polar surface area (TPSA) is 58.6 Å². The first kappa shape index (κ1) is 23.8. The molecule has 2 amide bonds. The van der Waals surface area contributed by atoms with Gasteiger partial charge < -0.3 is 15.0 Å². The molecule has 1 N–H and O–H groups in total. The van der Waals surface area contributed by atoms with E-state index >= 15 is 0 Å². The minimum atomic E-state index is -0.578. The Labute approximate surface area is 192 Å². The fourth-order valence-electron chi connectivity index (χ4n) is 4.21. The molecule has 1 aliphatic carbocycles. The maximum absolute atomic E-state index is 13.3. The van der Waals surface area contributed by atoms with E-state index in [1.807, 2.05) is 70.2 Å². The van der Waals surface area contributed by atoms with Crippen LogP contribution in [0.15, 0.2) is 42.5 Å². The number of hydrogen-bond acceptors (Lipinski definition) is 3. The second-order valence-electron chi connectivity index (χ2n) is 9.03. The molecular formula is C27H36N2O3. The third kappa shape index (κ3) is 6.35. The molecule has 0 aliphatic heterocycles. The van der Waals surface area contributed by atoms with Gasteiger partial charge in [-0.25, -0.2) is 0 Å². The summed E-state index contributed by atoms with van der Waals surface area (Å²) in [4.78, 5) is 28.0. The van der Waals surface area contributed by atoms with Gasteiger partial charge in [0.2, 0.25) is 5.91 Å². The van der Waals surface area contributed by atoms with Gasteiger partial charge in [-0.1, -0.05) is 55.7 Å². The number of benzene rings is 2. The van der Waals surface area contributed by atoms with E-state index in [1.165, 1.54) is 6.42 Å². The highest BCUT2D eigenvalue weighted by atomic mass is 16.5. The molecule has 5 heteroatoms. The van der Waals surface area contributed by atoms with Gasteiger partial charge in [0.05, 0.1) is 0 Å². The summed E-state index contributed by atoms with van der Waals surface area (Å²) < 4.78 is 5.89. The van der Waals surface area contributed by atoms with E-state index in [0.717, 1.165) is 47.9 Å². The highest BCUT2D eigenvalue weighted by molar-refractivity contribution is 5.88. The van der Waals surface area contributed by atoms with Crippen molar-refractivity contribution in [1.82, 2.24) is 10.2 Å². The lowest BCUT2D eigenvalue weighted by atomic mass is 9.95. The van der Waals surface area contributed by atoms with E-state index in [-0.39, 0.29) is 24.5 Å². The molecule has 2 aromatic rings. The van der Waals surface area contributed by atoms with Crippen molar-refractivity contribution >= 4 is 11.8 Å². The highest BCUT2D eigenvalue weighted by Crippen LogP contribution is 2.21. The Kier molecular flexibility index (Phi) is 8.32. The molecule has 1 saturated carbocycles. The van der Waals surface area contributed by atoms with Crippen molar-refractivity contribution in [2.45, 2.75) is 78.4 Å². The molecule has 0 bridgehead atoms. The minimum Gasteiger partial charge on any atom is -0.483 e. The Morgan fingerprint density at radius 1 is 1.03 bits per heavy atom. The van der Waals surface area contributed by atoms with Gasteiger partial charge in [-0.15, -0.1) is 0 Å². The van der Waals surface area contributed by atoms with Gasteiger partial charge in [0.1, 0.15) is 11.8 Å². The van der Waals surface area contributed by atoms with Gasteiger partial charge in [-0.3, -0.25) is 9.59 Å². The van der Waals surface area contributed by atoms with Crippen molar-refractivity contribution in [3.63, 3.8) is 0 Å². The van der Waals surface area contributed by atoms with E-state index in [0.29, 0.717) is 12.3 Å². The summed E-state index contributed by atoms with van der Waals surface area (Å²) >= 11 is 0. The standard InChI is InChI=1S/C27H36N2O3/c1-19-14-15-21(3)25(16-19)32-18-26(30)29(17-23-11-9-8-10-20(23)2)22(4)27(31)28-24-12-6-5-7-13-24/h8-11,14-16,22,24H,5-7,12-13,17-18H2,1-4H3,(H,28,31). The van der Waals surface area contributed by atoms with Crippen LogP contribution in [0, 0.1) is 20.8 Å². The number of ether oxygens (including phenoxy) is 1. The fraction of sp³-hybridized carbons (Fsp3) is 0.481. The molecule has 0 heterocycles. The molecule has 0 radical (unpaired) electrons. The molecule has 3 rings (SSSR count). The molecule has 0 saturated heterocycles. The van der Waals surface area contributed by atoms with Gasteiger partial charge >= 0.3 is 0 Å². The molecule has 2 aromatic carbocycles. The zero-order valence-electron chi connectivity index (χ0n) is 19.8. The smallest absolute Gasteiger partial charge is 0.261 e. The van der Waals surface area contributed by atoms with Gasteiger partial charge in [0.25, 0.3) is 5.91 Å². The van der Waals surface area contributed by atoms with Gasteiger partial charge in [-0.05, 0) is 68.9 Å². The number of hydrogen-bond donors (Lipinski definition) is 1. The van der Waals surface area contributed by atoms with Crippen LogP contribution in [0.5, 0.6) is 5.75 Å². The number of nitrogens with zero attached hydrogens (tertiary/aromatic N) is 1. The summed E-state index contributed by atoms with van der Waals surface area (Å²) in [5.41, 5.74) is 4.19. The summed E-state index contributed by atoms with van der Waals surface area (Å²) in [6.45, 7) is 8.07. The van der Waals surface area contributed by atoms with Crippen LogP contribution in [0.3, 0.4) is 0 Å². The normalized spacial score (nSPS) is 15.1. The molecule has 0 aromatic heterocycles. The Hall–Kier alpha value is -2.82. The maximum Gasteiger partial charge on any atom is 0.261 e. The lowest BCUT2D eigenvalue weighted by molar-refractivity contribution is -0.142. The minimum absolute atomic E-state index is 0.0921. The van der Waals surface area contributed by atoms with Crippen molar-refractivity contribution in [1.29, 1.82) is 0 Å². The monoisotopic (exact) mass is 436 g/mol. The Morgan fingerprint density at radius 2 is 1.75 bits per heavy atom. The molecule has 5 nitrogen and oxygen atoms in total. The van der Waals surface area contributed by atoms with E-state index < -0.39 is 6.04 Å². The quantitative estimate of drug-likeness (QED) is 0.643. The van der Waals surface area contributed by atoms with Crippen LogP contribution in [0.1, 0.15) is 61.3 Å². The Morgan fingerprint density at radius 3 is 2.47 bits per heavy atom. The summed E-state index contributed by atoms with van der Waals surface area (Å²) in [6, 6.07) is 13.6. The highest BCUT2D eigenvalue weighted by Gasteiger charge is 2.28. The van der Waals surface area contributed by atoms with Crippen LogP contribution >= 0.6 is 0 Å². The molecule has 0 spiro atoms. The summed E-state index contributed by atoms with van der Waals surface area (Å²) in [5.74, 6) is 0.416. The first-order valence-corrected chi connectivity index (χ1v) is 11.7. The van der Waals surface area contributed by atoms with E-state index in [4.69, 9.17) is 4.74 Å². The van der Waals surface area contributed by atoms with Gasteiger partial charge in [0, 0.05) is 12.6 Å². The third-order valence-corrected chi connectivity index (χ3v) is 6.42. The van der Waals surface area contributed by atoms with Crippen LogP contribution < -0.4 is 10.1 Å². The van der Waals surface area contributed by atoms with Crippen molar-refractivity contribution < 1.29 is 14.3 Å². The SMILES string of the molecule is Cc1ccc(C)c(OCC(=O)N(Cc2ccccc2C)C(C)C(=O)NC2CCCCC2)c1. The molecule has 1 aliphatic rings. The van der Waals surface area contributed by atoms with Crippen molar-refractivity contribution in [2.75, 3.05) is 6.61 Å². The van der Waals surface area contributed by atoms with Crippen LogP contribution in [-0.4, -0.2) is 35.4 Å². The fourth-order valence-corrected chi connectivity index (χ4v) is 4.21. The van der Waals surface area contributed by atoms with Gasteiger partial charge in [-0.2, -0.15) is 0 Å². The molecule has 32 heavy (non-hydrogen) atoms. The predicted octanol–water partition coefficient (Wildman–Crippen LogP) is 4.86. The lowest BCUT2D eigenvalue weighted by Crippen LogP contribution is -2.51. The number of amides is 2. The summed E-state index contributed by atoms with van der Waals surface area (Å²) in [6.07, 6.45) is 5.55. The zero-order chi connectivity index (χ0) is 23.1. The first-order chi connectivity index (χ1) is 15.3. The number of nitrogens with one attached hydrogen (secondary N) is 1. The van der Waals surface area contributed by atoms with E-state index in [9.17, 15) is 9.59 Å². The maximum atomic E-state index is 13.3. The van der Waals surface area contributed by atoms with Crippen LogP contribution in [-0.2, 0) is 16.1 Å². The number of carbonyl (C=O) groups is 2.